The monoisotopic (exact) mass is 524 g/mol. The topological polar surface area (TPSA) is 91.7 Å². The van der Waals surface area contributed by atoms with E-state index >= 15 is 0 Å². The second-order valence-electron chi connectivity index (χ2n) is 13.4. The minimum Gasteiger partial charge on any atom is -0.460 e. The van der Waals surface area contributed by atoms with Gasteiger partial charge in [0, 0.05) is 38.5 Å². The molecule has 5 saturated heterocycles. The number of aliphatic hydroxyl groups excluding tert-OH is 1. The van der Waals surface area contributed by atoms with Crippen LogP contribution in [0.4, 0.5) is 0 Å². The zero-order valence-electron chi connectivity index (χ0n) is 24.6. The Morgan fingerprint density at radius 2 is 1.70 bits per heavy atom. The van der Waals surface area contributed by atoms with Crippen LogP contribution < -0.4 is 0 Å². The van der Waals surface area contributed by atoms with Gasteiger partial charge in [-0.1, -0.05) is 27.7 Å². The summed E-state index contributed by atoms with van der Waals surface area (Å²) in [4.78, 5) is 18.0. The van der Waals surface area contributed by atoms with Gasteiger partial charge in [-0.05, 0) is 65.3 Å². The zero-order chi connectivity index (χ0) is 27.5. The summed E-state index contributed by atoms with van der Waals surface area (Å²) in [6.07, 6.45) is 0.742. The number of ether oxygens (including phenoxy) is 3. The molecule has 5 rings (SSSR count). The van der Waals surface area contributed by atoms with Crippen molar-refractivity contribution in [2.24, 2.45) is 23.7 Å². The van der Waals surface area contributed by atoms with E-state index in [4.69, 9.17) is 14.2 Å². The number of aliphatic hydroxyl groups is 2. The quantitative estimate of drug-likeness (QED) is 0.506. The number of carbonyl (C=O) groups excluding carboxylic acids is 1. The van der Waals surface area contributed by atoms with Gasteiger partial charge in [0.2, 0.25) is 0 Å². The summed E-state index contributed by atoms with van der Waals surface area (Å²) >= 11 is 0. The summed E-state index contributed by atoms with van der Waals surface area (Å²) in [5.41, 5.74) is -1.94. The van der Waals surface area contributed by atoms with Gasteiger partial charge in [0.05, 0.1) is 29.8 Å². The van der Waals surface area contributed by atoms with Crippen LogP contribution in [-0.2, 0) is 19.0 Å². The molecule has 5 aliphatic heterocycles. The average Bonchev–Trinajstić information content (AvgIpc) is 2.92. The second kappa shape index (κ2) is 10.3. The molecule has 11 atom stereocenters. The SMILES string of the molecule is CC[C@H]1OC(=O)[C@H](C)[C@H]2OC34CCN(CC3)C1[C@@](C)(O)[C@H](O)[C@@H](C)N(C)C[C@H](C)CC(C)(O4)[C@H](C)[C@H]2C. The predicted octanol–water partition coefficient (Wildman–Crippen LogP) is 3.04. The van der Waals surface area contributed by atoms with E-state index in [1.165, 1.54) is 0 Å². The van der Waals surface area contributed by atoms with Crippen LogP contribution >= 0.6 is 0 Å². The molecular formula is C29H52N2O6. The molecule has 0 aromatic carbocycles. The Bertz CT molecular complexity index is 829. The number of rotatable bonds is 1. The van der Waals surface area contributed by atoms with E-state index < -0.39 is 41.2 Å². The number of nitrogens with zero attached hydrogens (tertiary/aromatic N) is 2. The summed E-state index contributed by atoms with van der Waals surface area (Å²) in [6.45, 7) is 18.5. The van der Waals surface area contributed by atoms with Crippen molar-refractivity contribution >= 4 is 5.97 Å². The number of carbonyl (C=O) groups is 1. The lowest BCUT2D eigenvalue weighted by Gasteiger charge is -2.53. The summed E-state index contributed by atoms with van der Waals surface area (Å²) < 4.78 is 20.3. The smallest absolute Gasteiger partial charge is 0.311 e. The molecule has 2 N–H and O–H groups in total. The number of hydrogen-bond acceptors (Lipinski definition) is 8. The fraction of sp³-hybridized carbons (Fsp3) is 0.966. The Balaban J connectivity index is 1.92. The summed E-state index contributed by atoms with van der Waals surface area (Å²) in [7, 11) is 2.01. The molecule has 0 radical (unpaired) electrons. The molecule has 8 nitrogen and oxygen atoms in total. The Morgan fingerprint density at radius 1 is 1.08 bits per heavy atom. The number of piperidine rings is 1. The maximum absolute atomic E-state index is 13.7. The van der Waals surface area contributed by atoms with Gasteiger partial charge in [-0.2, -0.15) is 0 Å². The number of likely N-dealkylation sites (N-methyl/N-ethyl adjacent to an activating group) is 1. The van der Waals surface area contributed by atoms with Crippen molar-refractivity contribution in [1.29, 1.82) is 0 Å². The van der Waals surface area contributed by atoms with E-state index in [0.29, 0.717) is 32.4 Å². The molecule has 0 aromatic heterocycles. The van der Waals surface area contributed by atoms with E-state index in [1.54, 1.807) is 6.92 Å². The zero-order valence-corrected chi connectivity index (χ0v) is 24.6. The van der Waals surface area contributed by atoms with Crippen LogP contribution in [0.5, 0.6) is 0 Å². The molecule has 1 spiro atoms. The highest BCUT2D eigenvalue weighted by molar-refractivity contribution is 5.73. The van der Waals surface area contributed by atoms with Crippen molar-refractivity contribution in [2.75, 3.05) is 26.7 Å². The normalized spacial score (nSPS) is 54.1. The van der Waals surface area contributed by atoms with E-state index in [-0.39, 0.29) is 35.9 Å². The molecule has 0 aromatic rings. The Morgan fingerprint density at radius 3 is 2.30 bits per heavy atom. The molecule has 5 bridgehead atoms. The van der Waals surface area contributed by atoms with Crippen LogP contribution in [0.2, 0.25) is 0 Å². The maximum atomic E-state index is 13.7. The fourth-order valence-electron chi connectivity index (χ4n) is 7.95. The number of fused-ring (bicyclic) bond motifs is 5. The first-order valence-corrected chi connectivity index (χ1v) is 14.6. The second-order valence-corrected chi connectivity index (χ2v) is 13.4. The van der Waals surface area contributed by atoms with Crippen LogP contribution in [0.3, 0.4) is 0 Å². The molecular weight excluding hydrogens is 472 g/mol. The summed E-state index contributed by atoms with van der Waals surface area (Å²) in [5, 5.41) is 23.7. The van der Waals surface area contributed by atoms with Gasteiger partial charge in [-0.15, -0.1) is 0 Å². The largest absolute Gasteiger partial charge is 0.460 e. The number of hydrogen-bond donors (Lipinski definition) is 2. The Labute approximate surface area is 224 Å². The summed E-state index contributed by atoms with van der Waals surface area (Å²) in [5.74, 6) is -1.05. The van der Waals surface area contributed by atoms with Crippen molar-refractivity contribution in [3.05, 3.63) is 0 Å². The lowest BCUT2D eigenvalue weighted by atomic mass is 9.72. The third-order valence-electron chi connectivity index (χ3n) is 10.6. The van der Waals surface area contributed by atoms with Crippen molar-refractivity contribution in [1.82, 2.24) is 9.80 Å². The maximum Gasteiger partial charge on any atom is 0.311 e. The molecule has 0 saturated carbocycles. The van der Waals surface area contributed by atoms with Gasteiger partial charge in [-0.25, -0.2) is 0 Å². The highest BCUT2D eigenvalue weighted by atomic mass is 16.7. The van der Waals surface area contributed by atoms with E-state index in [1.807, 2.05) is 27.8 Å². The van der Waals surface area contributed by atoms with Crippen molar-refractivity contribution in [3.8, 4) is 0 Å². The molecule has 214 valence electrons. The van der Waals surface area contributed by atoms with Gasteiger partial charge in [0.1, 0.15) is 11.7 Å². The average molecular weight is 525 g/mol. The third kappa shape index (κ3) is 5.11. The van der Waals surface area contributed by atoms with Crippen molar-refractivity contribution in [2.45, 2.75) is 128 Å². The summed E-state index contributed by atoms with van der Waals surface area (Å²) in [6, 6.07) is -0.848. The fourth-order valence-corrected chi connectivity index (χ4v) is 7.95. The molecule has 5 fully saturated rings. The first kappa shape index (κ1) is 29.2. The highest BCUT2D eigenvalue weighted by Crippen LogP contribution is 2.49. The minimum absolute atomic E-state index is 0.0864. The minimum atomic E-state index is -1.51. The van der Waals surface area contributed by atoms with Crippen LogP contribution in [0.25, 0.3) is 0 Å². The lowest BCUT2D eigenvalue weighted by molar-refractivity contribution is -0.314. The standard InChI is InChI=1S/C29H52N2O6/c1-10-22-24-28(8,34)25(32)21(6)30(9)16-17(2)15-27(7)20(5)18(3)23(19(4)26(33)35-22)36-29(37-27)11-13-31(24)14-12-29/h17-25,32,34H,10-16H2,1-9H3/t17-,18-,19-,20-,21-,22-,23+,24?,25-,27?,28-/m1/s1. The predicted molar refractivity (Wildman–Crippen MR) is 142 cm³/mol. The Kier molecular flexibility index (Phi) is 8.15. The first-order chi connectivity index (χ1) is 17.2. The van der Waals surface area contributed by atoms with Gasteiger partial charge >= 0.3 is 5.97 Å². The van der Waals surface area contributed by atoms with Gasteiger partial charge in [-0.3, -0.25) is 9.69 Å². The molecule has 37 heavy (non-hydrogen) atoms. The highest BCUT2D eigenvalue weighted by Gasteiger charge is 2.58. The van der Waals surface area contributed by atoms with E-state index in [2.05, 4.69) is 37.5 Å². The molecule has 8 heteroatoms. The van der Waals surface area contributed by atoms with Crippen molar-refractivity contribution < 1.29 is 29.2 Å². The molecule has 5 aliphatic rings. The van der Waals surface area contributed by atoms with Gasteiger partial charge in [0.25, 0.3) is 0 Å². The van der Waals surface area contributed by atoms with Crippen LogP contribution in [0.15, 0.2) is 0 Å². The van der Waals surface area contributed by atoms with Crippen LogP contribution in [0.1, 0.15) is 81.1 Å². The number of esters is 1. The van der Waals surface area contributed by atoms with E-state index in [9.17, 15) is 15.0 Å². The van der Waals surface area contributed by atoms with Gasteiger partial charge < -0.3 is 29.3 Å². The Hall–Kier alpha value is -0.770. The van der Waals surface area contributed by atoms with E-state index in [0.717, 1.165) is 13.0 Å². The van der Waals surface area contributed by atoms with Crippen LogP contribution in [0, 0.1) is 23.7 Å². The first-order valence-electron chi connectivity index (χ1n) is 14.6. The molecule has 0 aliphatic carbocycles. The van der Waals surface area contributed by atoms with Crippen molar-refractivity contribution in [3.63, 3.8) is 0 Å². The molecule has 2 unspecified atom stereocenters. The third-order valence-corrected chi connectivity index (χ3v) is 10.6. The van der Waals surface area contributed by atoms with Crippen LogP contribution in [-0.4, -0.2) is 100 Å². The molecule has 0 amide bonds. The van der Waals surface area contributed by atoms with Gasteiger partial charge in [0.15, 0.2) is 5.79 Å². The molecule has 5 heterocycles. The lowest BCUT2D eigenvalue weighted by Crippen LogP contribution is -2.68.